The molecule has 0 spiro atoms. The number of thioether (sulfide) groups is 1. The molecule has 3 rings (SSSR count). The van der Waals surface area contributed by atoms with Crippen molar-refractivity contribution in [3.8, 4) is 22.6 Å². The molecule has 154 valence electrons. The molecule has 1 heterocycles. The molecule has 0 saturated heterocycles. The van der Waals surface area contributed by atoms with Crippen molar-refractivity contribution in [2.75, 3.05) is 19.5 Å². The molecule has 0 N–H and O–H groups in total. The molecule has 1 aliphatic carbocycles. The zero-order chi connectivity index (χ0) is 20.3. The summed E-state index contributed by atoms with van der Waals surface area (Å²) in [5, 5.41) is 0. The van der Waals surface area contributed by atoms with E-state index in [1.807, 2.05) is 44.4 Å². The second-order valence-electron chi connectivity index (χ2n) is 6.44. The summed E-state index contributed by atoms with van der Waals surface area (Å²) in [7, 11) is 0. The largest absolute Gasteiger partial charge is 1.00 e. The molecular weight excluding hydrogens is 497 g/mol. The molecular formula is C23H26INO3S. The standard InChI is InChI=1S/C23H26NO3S.HI/c1-6-26-18-10-8-17(9-11-18)24-15(3)19-12-13-22(28-5)21(23(25)27-7-2)14-20(19)16(24)4;/h8-14H,6-7H2,1-5H3;1H/q+1;/p-1. The molecule has 6 heteroatoms. The summed E-state index contributed by atoms with van der Waals surface area (Å²) < 4.78 is 13.1. The molecule has 0 unspecified atom stereocenters. The number of nitrogens with zero attached hydrogens (tertiary/aromatic N) is 1. The average molecular weight is 523 g/mol. The van der Waals surface area contributed by atoms with E-state index in [4.69, 9.17) is 9.47 Å². The summed E-state index contributed by atoms with van der Waals surface area (Å²) in [6.07, 6.45) is 1.97. The molecule has 1 aliphatic heterocycles. The van der Waals surface area contributed by atoms with E-state index in [0.29, 0.717) is 18.8 Å². The van der Waals surface area contributed by atoms with E-state index < -0.39 is 0 Å². The Morgan fingerprint density at radius 2 is 1.62 bits per heavy atom. The van der Waals surface area contributed by atoms with Gasteiger partial charge in [0.1, 0.15) is 5.75 Å². The first-order chi connectivity index (χ1) is 13.5. The van der Waals surface area contributed by atoms with E-state index in [9.17, 15) is 4.79 Å². The predicted molar refractivity (Wildman–Crippen MR) is 113 cm³/mol. The molecule has 1 aromatic rings. The van der Waals surface area contributed by atoms with Crippen molar-refractivity contribution in [2.45, 2.75) is 32.6 Å². The summed E-state index contributed by atoms with van der Waals surface area (Å²) in [6.45, 7) is 9.00. The number of halogens is 1. The van der Waals surface area contributed by atoms with Gasteiger partial charge in [-0.25, -0.2) is 4.79 Å². The van der Waals surface area contributed by atoms with Gasteiger partial charge in [0.15, 0.2) is 11.4 Å². The third-order valence-corrected chi connectivity index (χ3v) is 5.61. The number of hydrogen-bond acceptors (Lipinski definition) is 4. The third-order valence-electron chi connectivity index (χ3n) is 4.82. The van der Waals surface area contributed by atoms with Gasteiger partial charge in [0, 0.05) is 30.9 Å². The Balaban J connectivity index is 0.00000300. The van der Waals surface area contributed by atoms with Crippen LogP contribution in [0.2, 0.25) is 0 Å². The van der Waals surface area contributed by atoms with Gasteiger partial charge in [-0.15, -0.1) is 11.8 Å². The first-order valence-corrected chi connectivity index (χ1v) is 10.7. The van der Waals surface area contributed by atoms with Crippen LogP contribution in [0.1, 0.15) is 35.6 Å². The molecule has 0 bridgehead atoms. The van der Waals surface area contributed by atoms with Crippen LogP contribution in [0.3, 0.4) is 0 Å². The number of rotatable bonds is 6. The molecule has 0 radical (unpaired) electrons. The minimum absolute atomic E-state index is 0. The molecule has 1 aromatic carbocycles. The Morgan fingerprint density at radius 1 is 0.966 bits per heavy atom. The fourth-order valence-corrected chi connectivity index (χ4v) is 4.10. The van der Waals surface area contributed by atoms with E-state index >= 15 is 0 Å². The molecule has 0 saturated carbocycles. The highest BCUT2D eigenvalue weighted by Gasteiger charge is 2.28. The van der Waals surface area contributed by atoms with Crippen molar-refractivity contribution in [2.24, 2.45) is 0 Å². The summed E-state index contributed by atoms with van der Waals surface area (Å²) in [5.41, 5.74) is 6.07. The summed E-state index contributed by atoms with van der Waals surface area (Å²) in [6, 6.07) is 14.2. The van der Waals surface area contributed by atoms with Crippen LogP contribution in [0.15, 0.2) is 47.4 Å². The van der Waals surface area contributed by atoms with Gasteiger partial charge in [-0.3, -0.25) is 0 Å². The van der Waals surface area contributed by atoms with Crippen molar-refractivity contribution in [3.63, 3.8) is 0 Å². The van der Waals surface area contributed by atoms with E-state index in [-0.39, 0.29) is 29.9 Å². The first-order valence-electron chi connectivity index (χ1n) is 9.45. The molecule has 0 atom stereocenters. The maximum Gasteiger partial charge on any atom is 0.339 e. The van der Waals surface area contributed by atoms with E-state index in [1.165, 1.54) is 0 Å². The van der Waals surface area contributed by atoms with Crippen LogP contribution in [0.25, 0.3) is 16.8 Å². The molecule has 2 aliphatic rings. The maximum atomic E-state index is 12.5. The summed E-state index contributed by atoms with van der Waals surface area (Å²) in [4.78, 5) is 13.4. The number of benzene rings is 1. The van der Waals surface area contributed by atoms with Gasteiger partial charge in [-0.1, -0.05) is 0 Å². The Hall–Kier alpha value is -1.80. The minimum atomic E-state index is -0.282. The lowest BCUT2D eigenvalue weighted by Crippen LogP contribution is -3.00. The van der Waals surface area contributed by atoms with Crippen LogP contribution in [-0.4, -0.2) is 25.4 Å². The number of ether oxygens (including phenoxy) is 2. The monoisotopic (exact) mass is 523 g/mol. The van der Waals surface area contributed by atoms with E-state index in [2.05, 4.69) is 36.6 Å². The van der Waals surface area contributed by atoms with Gasteiger partial charge in [0.05, 0.1) is 29.9 Å². The van der Waals surface area contributed by atoms with Gasteiger partial charge >= 0.3 is 5.97 Å². The van der Waals surface area contributed by atoms with Crippen LogP contribution in [-0.2, 0) is 4.74 Å². The van der Waals surface area contributed by atoms with Crippen molar-refractivity contribution in [1.82, 2.24) is 0 Å². The lowest BCUT2D eigenvalue weighted by molar-refractivity contribution is -0.604. The number of fused-ring (bicyclic) bond motifs is 1. The molecule has 0 amide bonds. The summed E-state index contributed by atoms with van der Waals surface area (Å²) >= 11 is 1.55. The smallest absolute Gasteiger partial charge is 0.339 e. The second-order valence-corrected chi connectivity index (χ2v) is 7.29. The normalized spacial score (nSPS) is 10.5. The Kier molecular flexibility index (Phi) is 8.34. The van der Waals surface area contributed by atoms with Gasteiger partial charge in [-0.2, -0.15) is 4.57 Å². The minimum Gasteiger partial charge on any atom is -1.00 e. The fourth-order valence-electron chi connectivity index (χ4n) is 3.53. The van der Waals surface area contributed by atoms with Gasteiger partial charge in [-0.05, 0) is 50.4 Å². The van der Waals surface area contributed by atoms with Gasteiger partial charge in [0.25, 0.3) is 0 Å². The number of aromatic nitrogens is 1. The van der Waals surface area contributed by atoms with Crippen molar-refractivity contribution >= 4 is 17.7 Å². The number of carbonyl (C=O) groups is 1. The average Bonchev–Trinajstić information content (AvgIpc) is 2.84. The number of hydrogen-bond donors (Lipinski definition) is 0. The van der Waals surface area contributed by atoms with Crippen LogP contribution in [0, 0.1) is 13.8 Å². The highest BCUT2D eigenvalue weighted by molar-refractivity contribution is 7.98. The van der Waals surface area contributed by atoms with Crippen LogP contribution < -0.4 is 33.3 Å². The lowest BCUT2D eigenvalue weighted by atomic mass is 10.1. The van der Waals surface area contributed by atoms with Crippen LogP contribution >= 0.6 is 11.8 Å². The van der Waals surface area contributed by atoms with Crippen molar-refractivity contribution in [3.05, 3.63) is 59.4 Å². The van der Waals surface area contributed by atoms with Crippen LogP contribution in [0.5, 0.6) is 5.75 Å². The lowest BCUT2D eigenvalue weighted by Gasteiger charge is -2.04. The number of carbonyl (C=O) groups excluding carboxylic acids is 1. The van der Waals surface area contributed by atoms with Crippen molar-refractivity contribution < 1.29 is 42.8 Å². The number of esters is 1. The fraction of sp³-hybridized carbons (Fsp3) is 0.304. The highest BCUT2D eigenvalue weighted by atomic mass is 127. The zero-order valence-electron chi connectivity index (χ0n) is 17.4. The van der Waals surface area contributed by atoms with Crippen molar-refractivity contribution in [1.29, 1.82) is 0 Å². The highest BCUT2D eigenvalue weighted by Crippen LogP contribution is 2.33. The Bertz CT molecular complexity index is 973. The summed E-state index contributed by atoms with van der Waals surface area (Å²) in [5.74, 6) is 0.578. The third kappa shape index (κ3) is 4.69. The molecule has 4 nitrogen and oxygen atoms in total. The zero-order valence-corrected chi connectivity index (χ0v) is 20.4. The Labute approximate surface area is 194 Å². The van der Waals surface area contributed by atoms with Gasteiger partial charge in [0.2, 0.25) is 5.69 Å². The first kappa shape index (κ1) is 23.5. The molecule has 0 aromatic heterocycles. The van der Waals surface area contributed by atoms with Crippen LogP contribution in [0.4, 0.5) is 0 Å². The predicted octanol–water partition coefficient (Wildman–Crippen LogP) is 1.99. The second kappa shape index (κ2) is 10.3. The molecule has 0 fully saturated rings. The topological polar surface area (TPSA) is 39.4 Å². The quantitative estimate of drug-likeness (QED) is 0.215. The molecule has 29 heavy (non-hydrogen) atoms. The Morgan fingerprint density at radius 3 is 2.21 bits per heavy atom. The maximum absolute atomic E-state index is 12.5. The van der Waals surface area contributed by atoms with Gasteiger partial charge < -0.3 is 33.5 Å². The SMILES string of the molecule is CCOC(=O)c1cc2c(C)[n+](-c3ccc(OCC)cc3)c(C)c-2ccc1SC.[I-]. The van der Waals surface area contributed by atoms with E-state index in [1.54, 1.807) is 11.8 Å². The van der Waals surface area contributed by atoms with E-state index in [0.717, 1.165) is 38.8 Å².